The minimum absolute atomic E-state index is 0.0366. The molecule has 0 saturated heterocycles. The molecule has 0 radical (unpaired) electrons. The molecule has 0 bridgehead atoms. The standard InChI is InChI=1S/C6H5BrN2O4/c7-4-2(1-3(10)11)8-6(13)9-5(4)12/h1H2,(H,10,11)(H2,8,9,12,13). The third-order valence-electron chi connectivity index (χ3n) is 1.28. The summed E-state index contributed by atoms with van der Waals surface area (Å²) < 4.78 is 0.0366. The SMILES string of the molecule is O=C(O)Cc1[nH]c(=O)[nH]c(=O)c1Br. The van der Waals surface area contributed by atoms with Crippen LogP contribution in [0.5, 0.6) is 0 Å². The number of aromatic nitrogens is 2. The number of aromatic amines is 2. The van der Waals surface area contributed by atoms with Crippen LogP contribution in [-0.2, 0) is 11.2 Å². The average molecular weight is 249 g/mol. The number of aliphatic carboxylic acids is 1. The highest BCUT2D eigenvalue weighted by Crippen LogP contribution is 2.06. The van der Waals surface area contributed by atoms with Crippen molar-refractivity contribution in [3.05, 3.63) is 31.0 Å². The summed E-state index contributed by atoms with van der Waals surface area (Å²) in [6.07, 6.45) is -0.403. The van der Waals surface area contributed by atoms with Gasteiger partial charge in [-0.3, -0.25) is 14.6 Å². The summed E-state index contributed by atoms with van der Waals surface area (Å²) in [4.78, 5) is 36.1. The van der Waals surface area contributed by atoms with Crippen molar-refractivity contribution in [2.75, 3.05) is 0 Å². The van der Waals surface area contributed by atoms with E-state index in [9.17, 15) is 14.4 Å². The average Bonchev–Trinajstić information content (AvgIpc) is 1.98. The monoisotopic (exact) mass is 248 g/mol. The summed E-state index contributed by atoms with van der Waals surface area (Å²) in [6.45, 7) is 0. The molecule has 0 atom stereocenters. The highest BCUT2D eigenvalue weighted by Gasteiger charge is 2.09. The molecule has 0 aromatic carbocycles. The van der Waals surface area contributed by atoms with Crippen LogP contribution in [0.1, 0.15) is 5.69 Å². The van der Waals surface area contributed by atoms with E-state index in [-0.39, 0.29) is 10.2 Å². The van der Waals surface area contributed by atoms with Gasteiger partial charge in [0.05, 0.1) is 12.1 Å². The normalized spacial score (nSPS) is 9.92. The molecule has 0 fully saturated rings. The van der Waals surface area contributed by atoms with Gasteiger partial charge in [-0.05, 0) is 15.9 Å². The van der Waals surface area contributed by atoms with Crippen LogP contribution in [0, 0.1) is 0 Å². The Morgan fingerprint density at radius 2 is 2.00 bits per heavy atom. The number of halogens is 1. The van der Waals surface area contributed by atoms with Crippen molar-refractivity contribution >= 4 is 21.9 Å². The Hall–Kier alpha value is -1.37. The molecule has 6 nitrogen and oxygen atoms in total. The fraction of sp³-hybridized carbons (Fsp3) is 0.167. The molecule has 1 rings (SSSR count). The molecule has 3 N–H and O–H groups in total. The lowest BCUT2D eigenvalue weighted by atomic mass is 10.3. The Kier molecular flexibility index (Phi) is 2.66. The topological polar surface area (TPSA) is 103 Å². The first-order valence-electron chi connectivity index (χ1n) is 3.23. The molecule has 0 aliphatic carbocycles. The Morgan fingerprint density at radius 1 is 1.38 bits per heavy atom. The van der Waals surface area contributed by atoms with E-state index in [0.717, 1.165) is 0 Å². The quantitative estimate of drug-likeness (QED) is 0.654. The Morgan fingerprint density at radius 3 is 2.54 bits per heavy atom. The smallest absolute Gasteiger partial charge is 0.325 e. The number of hydrogen-bond acceptors (Lipinski definition) is 3. The third kappa shape index (κ3) is 2.28. The van der Waals surface area contributed by atoms with Crippen molar-refractivity contribution in [3.8, 4) is 0 Å². The highest BCUT2D eigenvalue weighted by molar-refractivity contribution is 9.10. The van der Waals surface area contributed by atoms with Gasteiger partial charge < -0.3 is 10.1 Å². The van der Waals surface area contributed by atoms with Gasteiger partial charge in [-0.2, -0.15) is 0 Å². The number of carboxylic acid groups (broad SMARTS) is 1. The molecule has 70 valence electrons. The van der Waals surface area contributed by atoms with Crippen molar-refractivity contribution in [1.82, 2.24) is 9.97 Å². The van der Waals surface area contributed by atoms with E-state index >= 15 is 0 Å². The zero-order valence-electron chi connectivity index (χ0n) is 6.26. The van der Waals surface area contributed by atoms with Crippen LogP contribution in [0.2, 0.25) is 0 Å². The zero-order valence-corrected chi connectivity index (χ0v) is 7.84. The van der Waals surface area contributed by atoms with Gasteiger partial charge in [0.2, 0.25) is 0 Å². The van der Waals surface area contributed by atoms with Gasteiger partial charge >= 0.3 is 11.7 Å². The molecular formula is C6H5BrN2O4. The van der Waals surface area contributed by atoms with Crippen molar-refractivity contribution in [1.29, 1.82) is 0 Å². The van der Waals surface area contributed by atoms with E-state index in [1.165, 1.54) is 0 Å². The molecule has 13 heavy (non-hydrogen) atoms. The van der Waals surface area contributed by atoms with Crippen LogP contribution in [0.25, 0.3) is 0 Å². The van der Waals surface area contributed by atoms with Crippen LogP contribution in [0.15, 0.2) is 14.1 Å². The van der Waals surface area contributed by atoms with Crippen LogP contribution in [-0.4, -0.2) is 21.0 Å². The minimum Gasteiger partial charge on any atom is -0.481 e. The molecule has 1 heterocycles. The Balaban J connectivity index is 3.28. The summed E-state index contributed by atoms with van der Waals surface area (Å²) >= 11 is 2.87. The maximum atomic E-state index is 10.9. The number of hydrogen-bond donors (Lipinski definition) is 3. The molecule has 0 unspecified atom stereocenters. The van der Waals surface area contributed by atoms with E-state index in [4.69, 9.17) is 5.11 Å². The molecule has 1 aromatic rings. The highest BCUT2D eigenvalue weighted by atomic mass is 79.9. The first kappa shape index (κ1) is 9.72. The van der Waals surface area contributed by atoms with Crippen molar-refractivity contribution in [3.63, 3.8) is 0 Å². The summed E-state index contributed by atoms with van der Waals surface area (Å²) in [5, 5.41) is 8.42. The number of rotatable bonds is 2. The van der Waals surface area contributed by atoms with Crippen LogP contribution >= 0.6 is 15.9 Å². The van der Waals surface area contributed by atoms with Gasteiger partial charge in [0.1, 0.15) is 4.47 Å². The van der Waals surface area contributed by atoms with E-state index in [1.807, 2.05) is 4.98 Å². The van der Waals surface area contributed by atoms with Gasteiger partial charge in [0.15, 0.2) is 0 Å². The molecule has 1 aromatic heterocycles. The fourth-order valence-electron chi connectivity index (χ4n) is 0.791. The third-order valence-corrected chi connectivity index (χ3v) is 2.12. The molecule has 0 amide bonds. The Bertz CT molecular complexity index is 447. The molecule has 0 spiro atoms. The molecule has 7 heteroatoms. The van der Waals surface area contributed by atoms with Crippen LogP contribution in [0.3, 0.4) is 0 Å². The van der Waals surface area contributed by atoms with Crippen LogP contribution < -0.4 is 11.2 Å². The molecule has 0 aliphatic rings. The number of carboxylic acids is 1. The van der Waals surface area contributed by atoms with Gasteiger partial charge in [-0.1, -0.05) is 0 Å². The fourth-order valence-corrected chi connectivity index (χ4v) is 1.13. The summed E-state index contributed by atoms with van der Waals surface area (Å²) in [5.41, 5.74) is -1.30. The maximum absolute atomic E-state index is 10.9. The van der Waals surface area contributed by atoms with Crippen molar-refractivity contribution < 1.29 is 9.90 Å². The second-order valence-corrected chi connectivity index (χ2v) is 3.06. The van der Waals surface area contributed by atoms with Gasteiger partial charge in [-0.15, -0.1) is 0 Å². The summed E-state index contributed by atoms with van der Waals surface area (Å²) in [7, 11) is 0. The van der Waals surface area contributed by atoms with Gasteiger partial charge in [0.25, 0.3) is 5.56 Å². The molecular weight excluding hydrogens is 244 g/mol. The minimum atomic E-state index is -1.12. The van der Waals surface area contributed by atoms with E-state index in [1.54, 1.807) is 0 Å². The number of nitrogens with one attached hydrogen (secondary N) is 2. The van der Waals surface area contributed by atoms with Crippen molar-refractivity contribution in [2.24, 2.45) is 0 Å². The largest absolute Gasteiger partial charge is 0.481 e. The lowest BCUT2D eigenvalue weighted by Gasteiger charge is -1.98. The van der Waals surface area contributed by atoms with Gasteiger partial charge in [-0.25, -0.2) is 4.79 Å². The molecule has 0 saturated carbocycles. The molecule has 0 aliphatic heterocycles. The van der Waals surface area contributed by atoms with Gasteiger partial charge in [0, 0.05) is 0 Å². The number of carbonyl (C=O) groups is 1. The van der Waals surface area contributed by atoms with E-state index < -0.39 is 23.6 Å². The first-order valence-corrected chi connectivity index (χ1v) is 4.03. The Labute approximate surface area is 79.7 Å². The zero-order chi connectivity index (χ0) is 10.0. The lowest BCUT2D eigenvalue weighted by molar-refractivity contribution is -0.136. The van der Waals surface area contributed by atoms with E-state index in [2.05, 4.69) is 20.9 Å². The van der Waals surface area contributed by atoms with Crippen LogP contribution in [0.4, 0.5) is 0 Å². The second kappa shape index (κ2) is 3.56. The second-order valence-electron chi connectivity index (χ2n) is 2.27. The predicted octanol–water partition coefficient (Wildman–Crippen LogP) is -0.547. The number of H-pyrrole nitrogens is 2. The predicted molar refractivity (Wildman–Crippen MR) is 46.7 cm³/mol. The summed E-state index contributed by atoms with van der Waals surface area (Å²) in [6, 6.07) is 0. The first-order chi connectivity index (χ1) is 6.00. The van der Waals surface area contributed by atoms with E-state index in [0.29, 0.717) is 0 Å². The summed E-state index contributed by atoms with van der Waals surface area (Å²) in [5.74, 6) is -1.12. The lowest BCUT2D eigenvalue weighted by Crippen LogP contribution is -2.26. The van der Waals surface area contributed by atoms with Crippen molar-refractivity contribution in [2.45, 2.75) is 6.42 Å². The maximum Gasteiger partial charge on any atom is 0.325 e.